The van der Waals surface area contributed by atoms with Crippen LogP contribution in [0.25, 0.3) is 0 Å². The summed E-state index contributed by atoms with van der Waals surface area (Å²) >= 11 is 7.51. The van der Waals surface area contributed by atoms with Gasteiger partial charge in [-0.3, -0.25) is 4.79 Å². The van der Waals surface area contributed by atoms with E-state index in [0.29, 0.717) is 23.1 Å². The summed E-state index contributed by atoms with van der Waals surface area (Å²) in [5.41, 5.74) is 3.04. The van der Waals surface area contributed by atoms with Crippen molar-refractivity contribution in [1.82, 2.24) is 5.32 Å². The summed E-state index contributed by atoms with van der Waals surface area (Å²) in [6.45, 7) is 2.88. The summed E-state index contributed by atoms with van der Waals surface area (Å²) in [7, 11) is 0. The van der Waals surface area contributed by atoms with Gasteiger partial charge in [-0.2, -0.15) is 0 Å². The Morgan fingerprint density at radius 2 is 2.00 bits per heavy atom. The molecule has 0 unspecified atom stereocenters. The van der Waals surface area contributed by atoms with E-state index in [1.807, 2.05) is 66.9 Å². The summed E-state index contributed by atoms with van der Waals surface area (Å²) in [5.74, 6) is 0.725. The minimum absolute atomic E-state index is 0.105. The van der Waals surface area contributed by atoms with Crippen LogP contribution in [0.4, 0.5) is 0 Å². The van der Waals surface area contributed by atoms with Crippen LogP contribution < -0.4 is 10.1 Å². The highest BCUT2D eigenvalue weighted by Gasteiger charge is 2.10. The first-order valence-electron chi connectivity index (χ1n) is 7.90. The summed E-state index contributed by atoms with van der Waals surface area (Å²) in [5, 5.41) is 5.50. The number of aryl methyl sites for hydroxylation is 1. The molecule has 0 saturated heterocycles. The van der Waals surface area contributed by atoms with Gasteiger partial charge in [-0.15, -0.1) is 11.3 Å². The lowest BCUT2D eigenvalue weighted by Gasteiger charge is -2.06. The molecule has 1 heterocycles. The Bertz CT molecular complexity index is 875. The largest absolute Gasteiger partial charge is 0.489 e. The Balaban J connectivity index is 1.55. The van der Waals surface area contributed by atoms with Crippen LogP contribution in [0.15, 0.2) is 60.0 Å². The number of carbonyl (C=O) groups is 1. The molecule has 0 aliphatic carbocycles. The van der Waals surface area contributed by atoms with E-state index >= 15 is 0 Å². The maximum absolute atomic E-state index is 12.3. The van der Waals surface area contributed by atoms with E-state index in [1.54, 1.807) is 0 Å². The van der Waals surface area contributed by atoms with Gasteiger partial charge in [0.15, 0.2) is 0 Å². The van der Waals surface area contributed by atoms with Crippen molar-refractivity contribution in [3.05, 3.63) is 86.6 Å². The fourth-order valence-electron chi connectivity index (χ4n) is 2.35. The van der Waals surface area contributed by atoms with Crippen molar-refractivity contribution < 1.29 is 9.53 Å². The van der Waals surface area contributed by atoms with E-state index < -0.39 is 0 Å². The number of nitrogens with one attached hydrogen (secondary N) is 1. The van der Waals surface area contributed by atoms with Crippen molar-refractivity contribution in [2.75, 3.05) is 0 Å². The fraction of sp³-hybridized carbons (Fsp3) is 0.150. The zero-order chi connectivity index (χ0) is 17.6. The molecule has 1 N–H and O–H groups in total. The van der Waals surface area contributed by atoms with Crippen LogP contribution >= 0.6 is 22.9 Å². The standard InChI is InChI=1S/C20H18ClNO2S/c1-14-5-4-7-17(9-14)24-12-15-10-19(25-13-15)20(23)22-11-16-6-2-3-8-18(16)21/h2-10,13H,11-12H2,1H3,(H,22,23). The predicted octanol–water partition coefficient (Wildman–Crippen LogP) is 5.22. The highest BCUT2D eigenvalue weighted by atomic mass is 35.5. The molecule has 2 aromatic carbocycles. The van der Waals surface area contributed by atoms with E-state index in [-0.39, 0.29) is 5.91 Å². The van der Waals surface area contributed by atoms with Gasteiger partial charge in [0, 0.05) is 17.1 Å². The molecule has 3 nitrogen and oxygen atoms in total. The summed E-state index contributed by atoms with van der Waals surface area (Å²) in [6, 6.07) is 17.3. The monoisotopic (exact) mass is 371 g/mol. The van der Waals surface area contributed by atoms with Crippen LogP contribution in [0.3, 0.4) is 0 Å². The molecule has 0 radical (unpaired) electrons. The third kappa shape index (κ3) is 4.84. The van der Waals surface area contributed by atoms with Crippen LogP contribution in [-0.2, 0) is 13.2 Å². The molecule has 5 heteroatoms. The summed E-state index contributed by atoms with van der Waals surface area (Å²) < 4.78 is 5.77. The lowest BCUT2D eigenvalue weighted by Crippen LogP contribution is -2.21. The van der Waals surface area contributed by atoms with Crippen molar-refractivity contribution in [3.63, 3.8) is 0 Å². The number of carbonyl (C=O) groups excluding carboxylic acids is 1. The molecular weight excluding hydrogens is 354 g/mol. The van der Waals surface area contributed by atoms with Crippen molar-refractivity contribution >= 4 is 28.8 Å². The number of rotatable bonds is 6. The van der Waals surface area contributed by atoms with E-state index in [1.165, 1.54) is 11.3 Å². The second-order valence-electron chi connectivity index (χ2n) is 5.70. The number of thiophene rings is 1. The molecule has 25 heavy (non-hydrogen) atoms. The Hall–Kier alpha value is -2.30. The maximum atomic E-state index is 12.3. The van der Waals surface area contributed by atoms with Crippen molar-refractivity contribution in [1.29, 1.82) is 0 Å². The zero-order valence-corrected chi connectivity index (χ0v) is 15.4. The third-order valence-electron chi connectivity index (χ3n) is 3.67. The second kappa shape index (κ2) is 8.19. The van der Waals surface area contributed by atoms with E-state index in [4.69, 9.17) is 16.3 Å². The topological polar surface area (TPSA) is 38.3 Å². The number of benzene rings is 2. The quantitative estimate of drug-likeness (QED) is 0.645. The SMILES string of the molecule is Cc1cccc(OCc2csc(C(=O)NCc3ccccc3Cl)c2)c1. The number of ether oxygens (including phenoxy) is 1. The molecule has 128 valence electrons. The van der Waals surface area contributed by atoms with Crippen molar-refractivity contribution in [3.8, 4) is 5.75 Å². The molecule has 1 amide bonds. The third-order valence-corrected chi connectivity index (χ3v) is 5.02. The van der Waals surface area contributed by atoms with Gasteiger partial charge in [0.2, 0.25) is 0 Å². The first-order chi connectivity index (χ1) is 12.1. The van der Waals surface area contributed by atoms with Gasteiger partial charge in [0.1, 0.15) is 12.4 Å². The lowest BCUT2D eigenvalue weighted by atomic mass is 10.2. The molecule has 0 saturated carbocycles. The van der Waals surface area contributed by atoms with Gasteiger partial charge in [-0.25, -0.2) is 0 Å². The molecule has 0 atom stereocenters. The van der Waals surface area contributed by atoms with E-state index in [2.05, 4.69) is 5.32 Å². The highest BCUT2D eigenvalue weighted by molar-refractivity contribution is 7.12. The van der Waals surface area contributed by atoms with Gasteiger partial charge in [-0.05, 0) is 47.7 Å². The number of hydrogen-bond donors (Lipinski definition) is 1. The average molecular weight is 372 g/mol. The fourth-order valence-corrected chi connectivity index (χ4v) is 3.36. The van der Waals surface area contributed by atoms with Crippen LogP contribution in [-0.4, -0.2) is 5.91 Å². The molecule has 0 aliphatic rings. The lowest BCUT2D eigenvalue weighted by molar-refractivity contribution is 0.0955. The van der Waals surface area contributed by atoms with Gasteiger partial charge < -0.3 is 10.1 Å². The van der Waals surface area contributed by atoms with E-state index in [0.717, 1.165) is 22.4 Å². The summed E-state index contributed by atoms with van der Waals surface area (Å²) in [4.78, 5) is 12.9. The van der Waals surface area contributed by atoms with Gasteiger partial charge in [-0.1, -0.05) is 41.9 Å². The van der Waals surface area contributed by atoms with Crippen molar-refractivity contribution in [2.24, 2.45) is 0 Å². The minimum atomic E-state index is -0.105. The average Bonchev–Trinajstić information content (AvgIpc) is 3.08. The molecule has 1 aromatic heterocycles. The molecule has 3 aromatic rings. The van der Waals surface area contributed by atoms with Gasteiger partial charge in [0.05, 0.1) is 4.88 Å². The second-order valence-corrected chi connectivity index (χ2v) is 7.02. The molecule has 0 bridgehead atoms. The first kappa shape index (κ1) is 17.5. The molecule has 3 rings (SSSR count). The number of halogens is 1. The predicted molar refractivity (Wildman–Crippen MR) is 102 cm³/mol. The molecule has 0 fully saturated rings. The Morgan fingerprint density at radius 3 is 2.80 bits per heavy atom. The highest BCUT2D eigenvalue weighted by Crippen LogP contribution is 2.19. The number of amides is 1. The normalized spacial score (nSPS) is 10.5. The molecule has 0 aliphatic heterocycles. The van der Waals surface area contributed by atoms with Crippen LogP contribution in [0.2, 0.25) is 5.02 Å². The molecular formula is C20H18ClNO2S. The van der Waals surface area contributed by atoms with Gasteiger partial charge >= 0.3 is 0 Å². The first-order valence-corrected chi connectivity index (χ1v) is 9.16. The minimum Gasteiger partial charge on any atom is -0.489 e. The maximum Gasteiger partial charge on any atom is 0.261 e. The smallest absolute Gasteiger partial charge is 0.261 e. The Labute approximate surface area is 156 Å². The molecule has 0 spiro atoms. The van der Waals surface area contributed by atoms with Crippen LogP contribution in [0.5, 0.6) is 5.75 Å². The number of hydrogen-bond acceptors (Lipinski definition) is 3. The van der Waals surface area contributed by atoms with Crippen LogP contribution in [0, 0.1) is 6.92 Å². The Morgan fingerprint density at radius 1 is 1.16 bits per heavy atom. The van der Waals surface area contributed by atoms with Crippen LogP contribution in [0.1, 0.15) is 26.4 Å². The van der Waals surface area contributed by atoms with E-state index in [9.17, 15) is 4.79 Å². The van der Waals surface area contributed by atoms with Crippen molar-refractivity contribution in [2.45, 2.75) is 20.1 Å². The Kier molecular flexibility index (Phi) is 5.74. The van der Waals surface area contributed by atoms with Gasteiger partial charge in [0.25, 0.3) is 5.91 Å². The summed E-state index contributed by atoms with van der Waals surface area (Å²) in [6.07, 6.45) is 0. The zero-order valence-electron chi connectivity index (χ0n) is 13.8.